The van der Waals surface area contributed by atoms with Crippen LogP contribution < -0.4 is 37.2 Å². The van der Waals surface area contributed by atoms with Gasteiger partial charge in [0.2, 0.25) is 41.9 Å². The van der Waals surface area contributed by atoms with Gasteiger partial charge in [-0.3, -0.25) is 38.4 Å². The Morgan fingerprint density at radius 2 is 1.33 bits per heavy atom. The average Bonchev–Trinajstić information content (AvgIpc) is 3.70. The predicted octanol–water partition coefficient (Wildman–Crippen LogP) is -0.168. The number of carboxylic acid groups (broad SMARTS) is 1. The number of carboxylic acids is 1. The van der Waals surface area contributed by atoms with Gasteiger partial charge in [0.05, 0.1) is 43.9 Å². The molecule has 1 rings (SSSR count). The van der Waals surface area contributed by atoms with Gasteiger partial charge in [-0.15, -0.1) is 0 Å². The molecule has 7 amide bonds. The number of aliphatic hydroxyl groups is 1. The number of nitrogens with one attached hydrogen (secondary N) is 7. The molecule has 3 unspecified atom stereocenters. The average molecular weight is 881 g/mol. The van der Waals surface area contributed by atoms with E-state index in [1.54, 1.807) is 34.6 Å². The zero-order chi connectivity index (χ0) is 48.6. The van der Waals surface area contributed by atoms with Crippen LogP contribution in [0, 0.1) is 5.92 Å². The fourth-order valence-corrected chi connectivity index (χ4v) is 3.43. The van der Waals surface area contributed by atoms with E-state index in [-0.39, 0.29) is 58.3 Å². The normalized spacial score (nSPS) is 13.3. The summed E-state index contributed by atoms with van der Waals surface area (Å²) in [5.74, 6) is -2.44. The standard InChI is InChI=1S/C21H36N4O8.C6H11N3O3.C4H11N.C4H10.C3H6O2.C2H6/c1-14(15(2)27)24-17(28)10-23-20(31)16-6-5-8-25(16)19(30)11-22-18(29)12-32-13-33-21(3,4)7-9-26;1-7-5(11)3-9-6(12)2-8-4-10;1-4(2)5-3;1-4(2)3;1-2-3(4)5;1-2/h9,14-16,27H,5-8,10-13H2,1-4H3,(H,22,29)(H,23,31)(H,24,28);4H,2-3H2,1H3,(H,7,11)(H,8,10)(H,9,12);4-5H,1-3H3;4H,1-3H3;2H2,1H3,(H,4,5);1-2H3. The van der Waals surface area contributed by atoms with Crippen LogP contribution in [-0.2, 0) is 52.6 Å². The van der Waals surface area contributed by atoms with Crippen LogP contribution >= 0.6 is 0 Å². The van der Waals surface area contributed by atoms with E-state index in [0.29, 0.717) is 31.8 Å². The van der Waals surface area contributed by atoms with Gasteiger partial charge >= 0.3 is 5.97 Å². The van der Waals surface area contributed by atoms with Gasteiger partial charge < -0.3 is 66.6 Å². The number of likely N-dealkylation sites (tertiary alicyclic amines) is 1. The molecule has 0 aromatic rings. The van der Waals surface area contributed by atoms with E-state index in [4.69, 9.17) is 14.6 Å². The zero-order valence-corrected chi connectivity index (χ0v) is 39.2. The first kappa shape index (κ1) is 65.4. The predicted molar refractivity (Wildman–Crippen MR) is 232 cm³/mol. The van der Waals surface area contributed by atoms with Crippen molar-refractivity contribution in [1.29, 1.82) is 0 Å². The molecule has 9 N–H and O–H groups in total. The van der Waals surface area contributed by atoms with Gasteiger partial charge in [-0.2, -0.15) is 0 Å². The maximum atomic E-state index is 12.5. The molecule has 61 heavy (non-hydrogen) atoms. The number of hydrogen-bond donors (Lipinski definition) is 9. The molecule has 1 aliphatic heterocycles. The lowest BCUT2D eigenvalue weighted by molar-refractivity contribution is -0.150. The van der Waals surface area contributed by atoms with Crippen molar-refractivity contribution < 1.29 is 62.8 Å². The Hall–Kier alpha value is -4.73. The summed E-state index contributed by atoms with van der Waals surface area (Å²) >= 11 is 0. The summed E-state index contributed by atoms with van der Waals surface area (Å²) in [6.45, 7) is 22.1. The first-order valence-corrected chi connectivity index (χ1v) is 20.4. The summed E-state index contributed by atoms with van der Waals surface area (Å²) < 4.78 is 10.4. The van der Waals surface area contributed by atoms with E-state index in [1.807, 2.05) is 20.9 Å². The van der Waals surface area contributed by atoms with Crippen LogP contribution in [0.5, 0.6) is 0 Å². The smallest absolute Gasteiger partial charge is 0.303 e. The Morgan fingerprint density at radius 3 is 1.77 bits per heavy atom. The fourth-order valence-electron chi connectivity index (χ4n) is 3.43. The van der Waals surface area contributed by atoms with Crippen LogP contribution in [0.1, 0.15) is 109 Å². The first-order chi connectivity index (χ1) is 28.4. The molecule has 1 fully saturated rings. The molecule has 21 heteroatoms. The molecule has 1 heterocycles. The molecule has 0 aliphatic carbocycles. The van der Waals surface area contributed by atoms with Crippen molar-refractivity contribution in [2.45, 2.75) is 139 Å². The molecule has 0 radical (unpaired) electrons. The second-order valence-electron chi connectivity index (χ2n) is 14.4. The maximum absolute atomic E-state index is 12.5. The number of hydrogen-bond acceptors (Lipinski definition) is 13. The SMILES string of the molecule is CC.CC(C)C.CC(O)C(C)NC(=O)CNC(=O)C1CCCN1C(=O)CNC(=O)COCOC(C)(C)CC=O.CCC(=O)O.CNC(=O)CNC(=O)CNC=O.CNC(C)C. The number of ether oxygens (including phenoxy) is 2. The number of nitrogens with zero attached hydrogens (tertiary/aromatic N) is 1. The number of amides is 7. The Labute approximate surface area is 363 Å². The molecule has 358 valence electrons. The van der Waals surface area contributed by atoms with Crippen molar-refractivity contribution >= 4 is 54.1 Å². The van der Waals surface area contributed by atoms with E-state index >= 15 is 0 Å². The number of carbonyl (C=O) groups excluding carboxylic acids is 8. The topological polar surface area (TPSA) is 300 Å². The lowest BCUT2D eigenvalue weighted by Crippen LogP contribution is -2.51. The molecule has 21 nitrogen and oxygen atoms in total. The molecule has 1 saturated heterocycles. The highest BCUT2D eigenvalue weighted by atomic mass is 16.7. The van der Waals surface area contributed by atoms with Crippen molar-refractivity contribution in [2.24, 2.45) is 5.92 Å². The van der Waals surface area contributed by atoms with Crippen molar-refractivity contribution in [3.05, 3.63) is 0 Å². The van der Waals surface area contributed by atoms with Gasteiger partial charge in [0.25, 0.3) is 0 Å². The number of likely N-dealkylation sites (N-methyl/N-ethyl adjacent to an activating group) is 1. The summed E-state index contributed by atoms with van der Waals surface area (Å²) in [4.78, 5) is 101. The molecule has 0 aromatic heterocycles. The summed E-state index contributed by atoms with van der Waals surface area (Å²) in [6, 6.07) is -0.544. The second-order valence-corrected chi connectivity index (χ2v) is 14.4. The summed E-state index contributed by atoms with van der Waals surface area (Å²) in [5.41, 5.74) is -0.699. The highest BCUT2D eigenvalue weighted by Gasteiger charge is 2.34. The van der Waals surface area contributed by atoms with Crippen molar-refractivity contribution in [1.82, 2.24) is 42.1 Å². The van der Waals surface area contributed by atoms with Crippen molar-refractivity contribution in [3.63, 3.8) is 0 Å². The Balaban J connectivity index is -0.000000302. The Kier molecular flexibility index (Phi) is 45.0. The quantitative estimate of drug-likeness (QED) is 0.0411. The first-order valence-electron chi connectivity index (χ1n) is 20.4. The number of aliphatic carboxylic acids is 1. The van der Waals surface area contributed by atoms with E-state index in [2.05, 4.69) is 71.8 Å². The number of carbonyl (C=O) groups is 9. The Bertz CT molecular complexity index is 1230. The van der Waals surface area contributed by atoms with Crippen LogP contribution in [0.3, 0.4) is 0 Å². The third-order valence-electron chi connectivity index (χ3n) is 7.14. The van der Waals surface area contributed by atoms with Gasteiger partial charge in [-0.05, 0) is 53.5 Å². The van der Waals surface area contributed by atoms with Gasteiger partial charge in [0.15, 0.2) is 0 Å². The molecular formula is C40H80N8O13. The number of aliphatic hydroxyl groups excluding tert-OH is 1. The lowest BCUT2D eigenvalue weighted by Gasteiger charge is -2.24. The highest BCUT2D eigenvalue weighted by molar-refractivity contribution is 5.92. The monoisotopic (exact) mass is 881 g/mol. The van der Waals surface area contributed by atoms with E-state index in [9.17, 15) is 48.3 Å². The maximum Gasteiger partial charge on any atom is 0.303 e. The van der Waals surface area contributed by atoms with Crippen molar-refractivity contribution in [2.75, 3.05) is 60.2 Å². The number of aldehydes is 1. The van der Waals surface area contributed by atoms with E-state index in [0.717, 1.165) is 12.2 Å². The van der Waals surface area contributed by atoms with Gasteiger partial charge in [0, 0.05) is 32.5 Å². The van der Waals surface area contributed by atoms with Gasteiger partial charge in [-0.25, -0.2) is 0 Å². The Morgan fingerprint density at radius 1 is 0.820 bits per heavy atom. The fraction of sp³-hybridized carbons (Fsp3) is 0.775. The highest BCUT2D eigenvalue weighted by Crippen LogP contribution is 2.17. The van der Waals surface area contributed by atoms with Gasteiger partial charge in [-0.1, -0.05) is 55.4 Å². The number of rotatable bonds is 21. The molecule has 0 saturated carbocycles. The molecule has 0 spiro atoms. The van der Waals surface area contributed by atoms with Crippen LogP contribution in [0.15, 0.2) is 0 Å². The third-order valence-corrected chi connectivity index (χ3v) is 7.14. The van der Waals surface area contributed by atoms with Gasteiger partial charge in [0.1, 0.15) is 25.7 Å². The zero-order valence-electron chi connectivity index (χ0n) is 39.2. The molecule has 1 aliphatic rings. The molecule has 0 bridgehead atoms. The van der Waals surface area contributed by atoms with Crippen LogP contribution in [0.2, 0.25) is 0 Å². The third kappa shape index (κ3) is 46.2. The largest absolute Gasteiger partial charge is 0.481 e. The van der Waals surface area contributed by atoms with Crippen LogP contribution in [-0.4, -0.2) is 159 Å². The minimum Gasteiger partial charge on any atom is -0.481 e. The minimum atomic E-state index is -0.745. The molecule has 0 aromatic carbocycles. The molecule has 3 atom stereocenters. The van der Waals surface area contributed by atoms with Crippen LogP contribution in [0.4, 0.5) is 0 Å². The van der Waals surface area contributed by atoms with E-state index in [1.165, 1.54) is 11.9 Å². The summed E-state index contributed by atoms with van der Waals surface area (Å²) in [6.07, 6.45) is 1.91. The lowest BCUT2D eigenvalue weighted by atomic mass is 10.1. The summed E-state index contributed by atoms with van der Waals surface area (Å²) in [5, 5.41) is 34.5. The van der Waals surface area contributed by atoms with Crippen molar-refractivity contribution in [3.8, 4) is 0 Å². The second kappa shape index (κ2) is 42.0. The van der Waals surface area contributed by atoms with Crippen LogP contribution in [0.25, 0.3) is 0 Å². The van der Waals surface area contributed by atoms with E-state index < -0.39 is 59.3 Å². The molecular weight excluding hydrogens is 800 g/mol. The minimum absolute atomic E-state index is 0.0735. The summed E-state index contributed by atoms with van der Waals surface area (Å²) in [7, 11) is 3.42.